The first-order valence-electron chi connectivity index (χ1n) is 4.01. The average Bonchev–Trinajstić information content (AvgIpc) is 2.15. The summed E-state index contributed by atoms with van der Waals surface area (Å²) in [4.78, 5) is 1.11. The van der Waals surface area contributed by atoms with Gasteiger partial charge in [-0.25, -0.2) is 0 Å². The van der Waals surface area contributed by atoms with Gasteiger partial charge < -0.3 is 5.73 Å². The maximum atomic E-state index is 8.77. The van der Waals surface area contributed by atoms with Crippen molar-refractivity contribution in [2.24, 2.45) is 5.73 Å². The van der Waals surface area contributed by atoms with Crippen LogP contribution in [0.4, 0.5) is 0 Å². The Labute approximate surface area is 77.1 Å². The van der Waals surface area contributed by atoms with Crippen LogP contribution in [0.15, 0.2) is 22.6 Å². The highest BCUT2D eigenvalue weighted by Crippen LogP contribution is 2.27. The van der Waals surface area contributed by atoms with Gasteiger partial charge in [0.25, 0.3) is 0 Å². The Morgan fingerprint density at radius 2 is 2.50 bits per heavy atom. The second kappa shape index (κ2) is 5.02. The first-order valence-corrected chi connectivity index (χ1v) is 4.99. The predicted octanol–water partition coefficient (Wildman–Crippen LogP) is 1.81. The van der Waals surface area contributed by atoms with Gasteiger partial charge in [0.1, 0.15) is 0 Å². The van der Waals surface area contributed by atoms with Gasteiger partial charge in [-0.2, -0.15) is 5.26 Å². The summed E-state index contributed by atoms with van der Waals surface area (Å²) in [7, 11) is 0. The molecule has 0 aliphatic heterocycles. The van der Waals surface area contributed by atoms with Crippen molar-refractivity contribution in [1.82, 2.24) is 0 Å². The number of thioether (sulfide) groups is 1. The minimum absolute atomic E-state index is 0.667. The molecule has 2 nitrogen and oxygen atoms in total. The molecule has 0 aromatic heterocycles. The second-order valence-corrected chi connectivity index (χ2v) is 3.67. The maximum Gasteiger partial charge on any atom is 0.0958 e. The first-order chi connectivity index (χ1) is 5.88. The lowest BCUT2D eigenvalue weighted by Crippen LogP contribution is -2.02. The highest BCUT2D eigenvalue weighted by atomic mass is 32.2. The molecule has 0 saturated carbocycles. The number of allylic oxidation sites excluding steroid dienone is 3. The molecule has 1 aliphatic rings. The van der Waals surface area contributed by atoms with Crippen LogP contribution in [0.25, 0.3) is 0 Å². The van der Waals surface area contributed by atoms with Gasteiger partial charge in [0.05, 0.1) is 6.07 Å². The molecule has 0 spiro atoms. The van der Waals surface area contributed by atoms with Crippen molar-refractivity contribution >= 4 is 11.8 Å². The van der Waals surface area contributed by atoms with E-state index in [1.807, 2.05) is 6.08 Å². The van der Waals surface area contributed by atoms with Crippen molar-refractivity contribution in [1.29, 1.82) is 5.26 Å². The molecule has 0 aromatic carbocycles. The number of hydrogen-bond acceptors (Lipinski definition) is 3. The molecular formula is C9H12N2S. The number of rotatable bonds is 3. The van der Waals surface area contributed by atoms with E-state index in [4.69, 9.17) is 11.0 Å². The molecule has 1 rings (SSSR count). The quantitative estimate of drug-likeness (QED) is 0.720. The Kier molecular flexibility index (Phi) is 3.92. The molecule has 2 N–H and O–H groups in total. The van der Waals surface area contributed by atoms with Crippen molar-refractivity contribution < 1.29 is 0 Å². The third-order valence-corrected chi connectivity index (χ3v) is 2.77. The van der Waals surface area contributed by atoms with E-state index in [0.717, 1.165) is 29.1 Å². The minimum Gasteiger partial charge on any atom is -0.330 e. The number of nitrogens with zero attached hydrogens (tertiary/aromatic N) is 1. The molecule has 1 aliphatic carbocycles. The van der Waals surface area contributed by atoms with Crippen molar-refractivity contribution in [2.75, 3.05) is 12.3 Å². The summed E-state index contributed by atoms with van der Waals surface area (Å²) in [6.45, 7) is 0.667. The van der Waals surface area contributed by atoms with Gasteiger partial charge in [0.15, 0.2) is 0 Å². The fraction of sp³-hybridized carbons (Fsp3) is 0.444. The van der Waals surface area contributed by atoms with E-state index in [-0.39, 0.29) is 0 Å². The molecule has 64 valence electrons. The Morgan fingerprint density at radius 1 is 1.67 bits per heavy atom. The molecule has 0 amide bonds. The molecule has 0 aromatic rings. The Hall–Kier alpha value is -0.720. The van der Waals surface area contributed by atoms with Crippen LogP contribution in [0.2, 0.25) is 0 Å². The monoisotopic (exact) mass is 180 g/mol. The molecule has 12 heavy (non-hydrogen) atoms. The predicted molar refractivity (Wildman–Crippen MR) is 52.5 cm³/mol. The van der Waals surface area contributed by atoms with Crippen LogP contribution in [-0.4, -0.2) is 12.3 Å². The summed E-state index contributed by atoms with van der Waals surface area (Å²) in [5.74, 6) is 0.894. The smallest absolute Gasteiger partial charge is 0.0958 e. The van der Waals surface area contributed by atoms with Crippen LogP contribution in [-0.2, 0) is 0 Å². The van der Waals surface area contributed by atoms with Gasteiger partial charge >= 0.3 is 0 Å². The zero-order valence-electron chi connectivity index (χ0n) is 6.92. The topological polar surface area (TPSA) is 49.8 Å². The molecule has 0 radical (unpaired) electrons. The van der Waals surface area contributed by atoms with E-state index < -0.39 is 0 Å². The Balaban J connectivity index is 2.63. The summed E-state index contributed by atoms with van der Waals surface area (Å²) in [5.41, 5.74) is 6.30. The summed E-state index contributed by atoms with van der Waals surface area (Å²) >= 11 is 1.68. The summed E-state index contributed by atoms with van der Waals surface area (Å²) in [6.07, 6.45) is 6.03. The van der Waals surface area contributed by atoms with E-state index in [2.05, 4.69) is 12.1 Å². The van der Waals surface area contributed by atoms with E-state index in [1.54, 1.807) is 11.8 Å². The zero-order valence-corrected chi connectivity index (χ0v) is 7.73. The van der Waals surface area contributed by atoms with Gasteiger partial charge in [-0.1, -0.05) is 12.2 Å². The number of hydrogen-bond donors (Lipinski definition) is 1. The lowest BCUT2D eigenvalue weighted by molar-refractivity contribution is 0.989. The van der Waals surface area contributed by atoms with Gasteiger partial charge in [0, 0.05) is 22.8 Å². The van der Waals surface area contributed by atoms with Crippen LogP contribution in [0.3, 0.4) is 0 Å². The lowest BCUT2D eigenvalue weighted by atomic mass is 10.1. The molecule has 0 heterocycles. The third kappa shape index (κ3) is 2.40. The zero-order chi connectivity index (χ0) is 8.81. The van der Waals surface area contributed by atoms with Crippen molar-refractivity contribution in [3.8, 4) is 6.07 Å². The van der Waals surface area contributed by atoms with E-state index in [0.29, 0.717) is 6.54 Å². The third-order valence-electron chi connectivity index (χ3n) is 1.64. The largest absolute Gasteiger partial charge is 0.330 e. The lowest BCUT2D eigenvalue weighted by Gasteiger charge is -2.08. The summed E-state index contributed by atoms with van der Waals surface area (Å²) in [6, 6.07) is 2.23. The molecule has 0 fully saturated rings. The molecule has 0 atom stereocenters. The van der Waals surface area contributed by atoms with E-state index in [9.17, 15) is 0 Å². The van der Waals surface area contributed by atoms with Crippen molar-refractivity contribution in [2.45, 2.75) is 12.8 Å². The van der Waals surface area contributed by atoms with Crippen LogP contribution >= 0.6 is 11.8 Å². The summed E-state index contributed by atoms with van der Waals surface area (Å²) in [5, 5.41) is 8.77. The van der Waals surface area contributed by atoms with Crippen LogP contribution in [0, 0.1) is 11.3 Å². The van der Waals surface area contributed by atoms with Gasteiger partial charge in [0.2, 0.25) is 0 Å². The Bertz CT molecular complexity index is 248. The normalized spacial score (nSPS) is 16.3. The molecule has 0 bridgehead atoms. The average molecular weight is 180 g/mol. The van der Waals surface area contributed by atoms with Gasteiger partial charge in [-0.15, -0.1) is 11.8 Å². The highest BCUT2D eigenvalue weighted by molar-refractivity contribution is 8.03. The van der Waals surface area contributed by atoms with Crippen LogP contribution in [0.1, 0.15) is 12.8 Å². The fourth-order valence-electron chi connectivity index (χ4n) is 1.06. The van der Waals surface area contributed by atoms with Crippen molar-refractivity contribution in [3.63, 3.8) is 0 Å². The van der Waals surface area contributed by atoms with Gasteiger partial charge in [-0.05, 0) is 12.8 Å². The molecular weight excluding hydrogens is 168 g/mol. The SMILES string of the molecule is N#CC1=C(SCCN)C=CCC1. The minimum atomic E-state index is 0.667. The molecule has 0 saturated heterocycles. The number of nitrogens with two attached hydrogens (primary N) is 1. The Morgan fingerprint density at radius 3 is 3.17 bits per heavy atom. The van der Waals surface area contributed by atoms with Crippen LogP contribution in [0.5, 0.6) is 0 Å². The van der Waals surface area contributed by atoms with Crippen molar-refractivity contribution in [3.05, 3.63) is 22.6 Å². The molecule has 0 unspecified atom stereocenters. The van der Waals surface area contributed by atoms with E-state index >= 15 is 0 Å². The first kappa shape index (κ1) is 9.37. The summed E-state index contributed by atoms with van der Waals surface area (Å²) < 4.78 is 0. The van der Waals surface area contributed by atoms with Gasteiger partial charge in [-0.3, -0.25) is 0 Å². The van der Waals surface area contributed by atoms with Crippen LogP contribution < -0.4 is 5.73 Å². The fourth-order valence-corrected chi connectivity index (χ4v) is 1.91. The van der Waals surface area contributed by atoms with E-state index in [1.165, 1.54) is 0 Å². The maximum absolute atomic E-state index is 8.77. The highest BCUT2D eigenvalue weighted by Gasteiger charge is 2.07. The standard InChI is InChI=1S/C9H12N2S/c10-5-6-12-9-4-2-1-3-8(9)7-11/h2,4H,1,3,5-6,10H2. The molecule has 3 heteroatoms. The number of nitriles is 1. The second-order valence-electron chi connectivity index (χ2n) is 2.53.